The molecule has 0 aliphatic heterocycles. The van der Waals surface area contributed by atoms with Gasteiger partial charge in [-0.25, -0.2) is 0 Å². The lowest BCUT2D eigenvalue weighted by Crippen LogP contribution is -2.60. The third-order valence-corrected chi connectivity index (χ3v) is 9.35. The van der Waals surface area contributed by atoms with Gasteiger partial charge in [0.1, 0.15) is 47.8 Å². The van der Waals surface area contributed by atoms with Crippen LogP contribution in [-0.2, 0) is 49.6 Å². The van der Waals surface area contributed by atoms with Crippen molar-refractivity contribution in [2.75, 3.05) is 13.2 Å². The van der Waals surface area contributed by atoms with Crippen molar-refractivity contribution in [3.63, 3.8) is 0 Å². The number of nitrogens with two attached hydrogens (primary N) is 1. The molecule has 0 heterocycles. The highest BCUT2D eigenvalue weighted by molar-refractivity contribution is 5.99. The van der Waals surface area contributed by atoms with E-state index in [-0.39, 0.29) is 48.7 Å². The molecule has 0 spiro atoms. The molecule has 2 aromatic carbocycles. The van der Waals surface area contributed by atoms with Crippen molar-refractivity contribution in [1.82, 2.24) is 37.2 Å². The van der Waals surface area contributed by atoms with Crippen molar-refractivity contribution in [3.8, 4) is 11.5 Å². The molecule has 0 fully saturated rings. The molecule has 64 heavy (non-hydrogen) atoms. The minimum Gasteiger partial charge on any atom is -0.508 e. The summed E-state index contributed by atoms with van der Waals surface area (Å²) in [6.45, 7) is 2.97. The van der Waals surface area contributed by atoms with Crippen LogP contribution >= 0.6 is 0 Å². The number of hydrogen-bond acceptors (Lipinski definition) is 13. The Morgan fingerprint density at radius 2 is 1.02 bits per heavy atom. The topological polar surface area (TPSA) is 382 Å². The van der Waals surface area contributed by atoms with E-state index in [1.54, 1.807) is 26.0 Å². The van der Waals surface area contributed by atoms with E-state index >= 15 is 0 Å². The summed E-state index contributed by atoms with van der Waals surface area (Å²) in [6, 6.07) is 2.38. The van der Waals surface area contributed by atoms with E-state index in [2.05, 4.69) is 37.2 Å². The third kappa shape index (κ3) is 19.2. The molecule has 23 nitrogen and oxygen atoms in total. The fourth-order valence-corrected chi connectivity index (χ4v) is 5.84. The molecule has 350 valence electrons. The van der Waals surface area contributed by atoms with Crippen LogP contribution in [0.25, 0.3) is 0 Å². The van der Waals surface area contributed by atoms with Crippen LogP contribution in [0, 0.1) is 5.92 Å². The van der Waals surface area contributed by atoms with Crippen LogP contribution in [-0.4, -0.2) is 134 Å². The van der Waals surface area contributed by atoms with E-state index in [9.17, 15) is 68.4 Å². The predicted molar refractivity (Wildman–Crippen MR) is 224 cm³/mol. The Morgan fingerprint density at radius 3 is 1.53 bits per heavy atom. The Kier molecular flexibility index (Phi) is 21.7. The number of aryl methyl sites for hydroxylation is 1. The summed E-state index contributed by atoms with van der Waals surface area (Å²) in [5.41, 5.74) is 6.17. The number of aliphatic hydroxyl groups is 1. The van der Waals surface area contributed by atoms with Crippen LogP contribution in [0.2, 0.25) is 0 Å². The Balaban J connectivity index is 2.18. The zero-order valence-electron chi connectivity index (χ0n) is 35.4. The zero-order valence-corrected chi connectivity index (χ0v) is 35.4. The number of benzene rings is 2. The van der Waals surface area contributed by atoms with Gasteiger partial charge in [0.25, 0.3) is 5.91 Å². The maximum Gasteiger partial charge on any atom is 0.303 e. The van der Waals surface area contributed by atoms with E-state index in [0.29, 0.717) is 5.56 Å². The summed E-state index contributed by atoms with van der Waals surface area (Å²) in [6.07, 6.45) is -1.98. The normalized spacial score (nSPS) is 13.6. The number of carboxylic acids is 2. The summed E-state index contributed by atoms with van der Waals surface area (Å²) in [7, 11) is 0. The molecule has 0 bridgehead atoms. The van der Waals surface area contributed by atoms with Gasteiger partial charge in [-0.15, -0.1) is 0 Å². The smallest absolute Gasteiger partial charge is 0.303 e. The summed E-state index contributed by atoms with van der Waals surface area (Å²) < 4.78 is 0. The number of carboxylic acid groups (broad SMARTS) is 2. The number of phenols is 2. The highest BCUT2D eigenvalue weighted by Gasteiger charge is 2.33. The minimum absolute atomic E-state index is 0.0245. The van der Waals surface area contributed by atoms with Gasteiger partial charge in [-0.1, -0.05) is 26.0 Å². The van der Waals surface area contributed by atoms with Crippen molar-refractivity contribution in [2.45, 2.75) is 102 Å². The zero-order chi connectivity index (χ0) is 48.1. The lowest BCUT2D eigenvalue weighted by molar-refractivity contribution is -0.139. The lowest BCUT2D eigenvalue weighted by atomic mass is 10.00. The van der Waals surface area contributed by atoms with E-state index in [1.165, 1.54) is 43.3 Å². The predicted octanol–water partition coefficient (Wildman–Crippen LogP) is -2.36. The van der Waals surface area contributed by atoms with Crippen LogP contribution in [0.5, 0.6) is 11.5 Å². The van der Waals surface area contributed by atoms with Crippen molar-refractivity contribution in [2.24, 2.45) is 11.7 Å². The first-order valence-electron chi connectivity index (χ1n) is 20.1. The van der Waals surface area contributed by atoms with E-state index in [0.717, 1.165) is 0 Å². The van der Waals surface area contributed by atoms with Gasteiger partial charge in [0.15, 0.2) is 0 Å². The first-order valence-corrected chi connectivity index (χ1v) is 20.1. The molecule has 14 N–H and O–H groups in total. The van der Waals surface area contributed by atoms with Crippen LogP contribution < -0.4 is 43.0 Å². The van der Waals surface area contributed by atoms with Gasteiger partial charge in [0.2, 0.25) is 41.4 Å². The average Bonchev–Trinajstić information content (AvgIpc) is 3.23. The van der Waals surface area contributed by atoms with Gasteiger partial charge < -0.3 is 68.5 Å². The number of carbonyl (C=O) groups is 10. The molecule has 2 rings (SSSR count). The number of amides is 8. The second-order valence-electron chi connectivity index (χ2n) is 15.1. The first-order chi connectivity index (χ1) is 30.1. The van der Waals surface area contributed by atoms with Gasteiger partial charge in [0, 0.05) is 18.4 Å². The summed E-state index contributed by atoms with van der Waals surface area (Å²) in [4.78, 5) is 127. The van der Waals surface area contributed by atoms with Gasteiger partial charge >= 0.3 is 11.9 Å². The Morgan fingerprint density at radius 1 is 0.562 bits per heavy atom. The van der Waals surface area contributed by atoms with Crippen LogP contribution in [0.3, 0.4) is 0 Å². The number of aromatic hydroxyl groups is 2. The SMILES string of the molecule is CC(C)C[C@H](NC(=O)[C@H](CO)NC(=O)[C@H](CCC(=O)O)NC(=O)CNC(=O)[C@H](C)NC(=O)c1ccc(O)cc1)C(=O)N[C@@H](CCc1ccc(O)cc1)C(=O)N[C@@H](CCC(=O)O)C(N)=O. The van der Waals surface area contributed by atoms with E-state index in [4.69, 9.17) is 10.8 Å². The second kappa shape index (κ2) is 26.2. The molecular formula is C41H56N8O15. The Bertz CT molecular complexity index is 1980. The third-order valence-electron chi connectivity index (χ3n) is 9.35. The first kappa shape index (κ1) is 52.8. The molecule has 23 heteroatoms. The minimum atomic E-state index is -1.77. The fraction of sp³-hybridized carbons (Fsp3) is 0.463. The van der Waals surface area contributed by atoms with Crippen LogP contribution in [0.15, 0.2) is 48.5 Å². The molecule has 0 radical (unpaired) electrons. The number of rotatable bonds is 27. The van der Waals surface area contributed by atoms with Crippen molar-refractivity contribution >= 4 is 59.2 Å². The standard InChI is InChI=1S/C41H56N8O15/c1-21(2)18-30(40(63)47-29(13-6-23-4-9-25(51)10-5-23)39(62)46-27(35(42)58)14-16-33(54)55)48-41(64)31(20-50)49-38(61)28(15-17-34(56)57)45-32(53)19-43-36(59)22(3)44-37(60)24-7-11-26(52)12-8-24/h4-5,7-12,21-22,27-31,50-52H,6,13-20H2,1-3H3,(H2,42,58)(H,43,59)(H,44,60)(H,45,53)(H,46,62)(H,47,63)(H,48,64)(H,49,61)(H,54,55)(H,56,57)/t22-,27-,28-,29-,30-,31-/m0/s1. The molecule has 0 aliphatic carbocycles. The Hall–Kier alpha value is -7.30. The fourth-order valence-electron chi connectivity index (χ4n) is 5.84. The average molecular weight is 901 g/mol. The van der Waals surface area contributed by atoms with Crippen LogP contribution in [0.1, 0.15) is 75.2 Å². The van der Waals surface area contributed by atoms with Crippen molar-refractivity contribution < 1.29 is 73.5 Å². The Labute approximate surface area is 367 Å². The number of hydrogen-bond donors (Lipinski definition) is 13. The molecule has 0 saturated heterocycles. The molecule has 0 unspecified atom stereocenters. The second-order valence-corrected chi connectivity index (χ2v) is 15.1. The number of phenolic OH excluding ortho intramolecular Hbond substituents is 2. The quantitative estimate of drug-likeness (QED) is 0.0446. The molecule has 2 aromatic rings. The molecule has 6 atom stereocenters. The summed E-state index contributed by atoms with van der Waals surface area (Å²) in [5, 5.41) is 64.0. The van der Waals surface area contributed by atoms with E-state index < -0.39 is 128 Å². The maximum atomic E-state index is 13.8. The molecular weight excluding hydrogens is 844 g/mol. The molecule has 0 saturated carbocycles. The number of aliphatic carboxylic acids is 2. The number of carbonyl (C=O) groups excluding carboxylic acids is 8. The van der Waals surface area contributed by atoms with Gasteiger partial charge in [-0.05, 0) is 86.9 Å². The molecule has 0 aromatic heterocycles. The number of primary amides is 1. The number of nitrogens with one attached hydrogen (secondary N) is 7. The largest absolute Gasteiger partial charge is 0.508 e. The summed E-state index contributed by atoms with van der Waals surface area (Å²) >= 11 is 0. The van der Waals surface area contributed by atoms with Crippen LogP contribution in [0.4, 0.5) is 0 Å². The highest BCUT2D eigenvalue weighted by Crippen LogP contribution is 2.14. The lowest BCUT2D eigenvalue weighted by Gasteiger charge is -2.27. The maximum absolute atomic E-state index is 13.8. The van der Waals surface area contributed by atoms with Gasteiger partial charge in [0.05, 0.1) is 13.2 Å². The summed E-state index contributed by atoms with van der Waals surface area (Å²) in [5.74, 6) is -10.5. The van der Waals surface area contributed by atoms with Crippen molar-refractivity contribution in [3.05, 3.63) is 59.7 Å². The highest BCUT2D eigenvalue weighted by atomic mass is 16.4. The van der Waals surface area contributed by atoms with E-state index in [1.807, 2.05) is 0 Å². The van der Waals surface area contributed by atoms with Gasteiger partial charge in [-0.2, -0.15) is 0 Å². The monoisotopic (exact) mass is 900 g/mol. The van der Waals surface area contributed by atoms with Crippen molar-refractivity contribution in [1.29, 1.82) is 0 Å². The molecule has 0 aliphatic rings. The number of aliphatic hydroxyl groups excluding tert-OH is 1. The van der Waals surface area contributed by atoms with Gasteiger partial charge in [-0.3, -0.25) is 47.9 Å². The molecule has 8 amide bonds.